The number of hydrogen-bond acceptors (Lipinski definition) is 4. The predicted molar refractivity (Wildman–Crippen MR) is 44.3 cm³/mol. The lowest BCUT2D eigenvalue weighted by atomic mass is 9.84. The standard InChI is InChI=1S/C7H14O4S/c1-10-7-3-6(4-7)5-12(8,9)11-2/h6-7H,3-5H2,1-2H3. The van der Waals surface area contributed by atoms with E-state index >= 15 is 0 Å². The molecular formula is C7H14O4S. The molecule has 12 heavy (non-hydrogen) atoms. The molecule has 0 bridgehead atoms. The smallest absolute Gasteiger partial charge is 0.267 e. The third-order valence-corrected chi connectivity index (χ3v) is 3.61. The highest BCUT2D eigenvalue weighted by Crippen LogP contribution is 2.30. The second-order valence-electron chi connectivity index (χ2n) is 3.09. The zero-order valence-electron chi connectivity index (χ0n) is 7.32. The van der Waals surface area contributed by atoms with Gasteiger partial charge < -0.3 is 4.74 Å². The second kappa shape index (κ2) is 3.72. The fourth-order valence-electron chi connectivity index (χ4n) is 1.36. The van der Waals surface area contributed by atoms with Gasteiger partial charge in [-0.2, -0.15) is 8.42 Å². The Morgan fingerprint density at radius 1 is 1.33 bits per heavy atom. The van der Waals surface area contributed by atoms with E-state index < -0.39 is 10.1 Å². The van der Waals surface area contributed by atoms with Crippen LogP contribution in [0.1, 0.15) is 12.8 Å². The number of hydrogen-bond donors (Lipinski definition) is 0. The lowest BCUT2D eigenvalue weighted by Crippen LogP contribution is -2.35. The summed E-state index contributed by atoms with van der Waals surface area (Å²) in [5.74, 6) is 0.350. The largest absolute Gasteiger partial charge is 0.381 e. The third kappa shape index (κ3) is 2.43. The zero-order valence-corrected chi connectivity index (χ0v) is 8.13. The Morgan fingerprint density at radius 3 is 2.33 bits per heavy atom. The molecule has 1 fully saturated rings. The van der Waals surface area contributed by atoms with Gasteiger partial charge in [-0.05, 0) is 18.8 Å². The Labute approximate surface area is 73.0 Å². The van der Waals surface area contributed by atoms with E-state index in [-0.39, 0.29) is 17.8 Å². The molecule has 0 N–H and O–H groups in total. The van der Waals surface area contributed by atoms with Crippen molar-refractivity contribution in [1.82, 2.24) is 0 Å². The summed E-state index contributed by atoms with van der Waals surface area (Å²) in [6, 6.07) is 0. The molecule has 4 nitrogen and oxygen atoms in total. The molecule has 5 heteroatoms. The van der Waals surface area contributed by atoms with Crippen LogP contribution in [0.2, 0.25) is 0 Å². The van der Waals surface area contributed by atoms with E-state index in [9.17, 15) is 8.42 Å². The van der Waals surface area contributed by atoms with Crippen molar-refractivity contribution in [2.45, 2.75) is 18.9 Å². The van der Waals surface area contributed by atoms with Gasteiger partial charge in [0.2, 0.25) is 0 Å². The molecule has 0 aliphatic heterocycles. The van der Waals surface area contributed by atoms with E-state index in [0.717, 1.165) is 12.8 Å². The van der Waals surface area contributed by atoms with Gasteiger partial charge in [-0.15, -0.1) is 0 Å². The van der Waals surface area contributed by atoms with Crippen LogP contribution < -0.4 is 0 Å². The molecule has 0 aromatic carbocycles. The molecular weight excluding hydrogens is 180 g/mol. The summed E-state index contributed by atoms with van der Waals surface area (Å²) in [5.41, 5.74) is 0. The topological polar surface area (TPSA) is 52.6 Å². The molecule has 0 atom stereocenters. The number of rotatable bonds is 4. The summed E-state index contributed by atoms with van der Waals surface area (Å²) in [4.78, 5) is 0. The Balaban J connectivity index is 2.28. The SMILES string of the molecule is COC1CC(CS(=O)(=O)OC)C1. The van der Waals surface area contributed by atoms with E-state index in [1.54, 1.807) is 7.11 Å². The van der Waals surface area contributed by atoms with Gasteiger partial charge in [0.15, 0.2) is 0 Å². The average Bonchev–Trinajstić information content (AvgIpc) is 1.96. The van der Waals surface area contributed by atoms with E-state index in [1.165, 1.54) is 7.11 Å². The number of ether oxygens (including phenoxy) is 1. The fraction of sp³-hybridized carbons (Fsp3) is 1.00. The first-order valence-corrected chi connectivity index (χ1v) is 5.46. The van der Waals surface area contributed by atoms with Crippen LogP contribution in [0.4, 0.5) is 0 Å². The highest BCUT2D eigenvalue weighted by atomic mass is 32.2. The quantitative estimate of drug-likeness (QED) is 0.607. The minimum atomic E-state index is -3.27. The first kappa shape index (κ1) is 9.95. The molecule has 0 spiro atoms. The summed E-state index contributed by atoms with van der Waals surface area (Å²) in [5, 5.41) is 0. The van der Waals surface area contributed by atoms with Gasteiger partial charge in [0.1, 0.15) is 0 Å². The normalized spacial score (nSPS) is 29.8. The molecule has 1 aliphatic rings. The Hall–Kier alpha value is -0.130. The molecule has 0 radical (unpaired) electrons. The van der Waals surface area contributed by atoms with Gasteiger partial charge in [-0.25, -0.2) is 0 Å². The first-order valence-electron chi connectivity index (χ1n) is 3.88. The van der Waals surface area contributed by atoms with E-state index in [1.807, 2.05) is 0 Å². The van der Waals surface area contributed by atoms with Crippen LogP contribution in [0.5, 0.6) is 0 Å². The number of methoxy groups -OCH3 is 1. The van der Waals surface area contributed by atoms with Crippen molar-refractivity contribution in [2.24, 2.45) is 5.92 Å². The second-order valence-corrected chi connectivity index (χ2v) is 4.87. The van der Waals surface area contributed by atoms with Gasteiger partial charge in [-0.3, -0.25) is 4.18 Å². The fourth-order valence-corrected chi connectivity index (χ4v) is 2.35. The van der Waals surface area contributed by atoms with Crippen LogP contribution in [-0.4, -0.2) is 34.5 Å². The van der Waals surface area contributed by atoms with Crippen LogP contribution >= 0.6 is 0 Å². The summed E-state index contributed by atoms with van der Waals surface area (Å²) in [6.45, 7) is 0. The van der Waals surface area contributed by atoms with Crippen LogP contribution in [-0.2, 0) is 19.0 Å². The highest BCUT2D eigenvalue weighted by Gasteiger charge is 2.32. The maximum absolute atomic E-state index is 10.9. The van der Waals surface area contributed by atoms with Crippen molar-refractivity contribution in [2.75, 3.05) is 20.0 Å². The first-order chi connectivity index (χ1) is 5.57. The van der Waals surface area contributed by atoms with Crippen molar-refractivity contribution in [3.63, 3.8) is 0 Å². The molecule has 0 saturated heterocycles. The van der Waals surface area contributed by atoms with E-state index in [2.05, 4.69) is 4.18 Å². The van der Waals surface area contributed by atoms with Crippen molar-refractivity contribution in [1.29, 1.82) is 0 Å². The highest BCUT2D eigenvalue weighted by molar-refractivity contribution is 7.86. The van der Waals surface area contributed by atoms with Crippen molar-refractivity contribution in [3.05, 3.63) is 0 Å². The Bertz CT molecular complexity index is 228. The molecule has 1 aliphatic carbocycles. The molecule has 1 saturated carbocycles. The van der Waals surface area contributed by atoms with E-state index in [0.29, 0.717) is 0 Å². The lowest BCUT2D eigenvalue weighted by molar-refractivity contribution is 0.00807. The molecule has 72 valence electrons. The lowest BCUT2D eigenvalue weighted by Gasteiger charge is -2.33. The monoisotopic (exact) mass is 194 g/mol. The maximum Gasteiger partial charge on any atom is 0.267 e. The molecule has 0 aromatic rings. The molecule has 0 unspecified atom stereocenters. The van der Waals surface area contributed by atoms with Crippen LogP contribution in [0.3, 0.4) is 0 Å². The Kier molecular flexibility index (Phi) is 3.09. The summed E-state index contributed by atoms with van der Waals surface area (Å²) in [7, 11) is -0.426. The molecule has 0 heterocycles. The van der Waals surface area contributed by atoms with Gasteiger partial charge in [-0.1, -0.05) is 0 Å². The third-order valence-electron chi connectivity index (χ3n) is 2.22. The maximum atomic E-state index is 10.9. The summed E-state index contributed by atoms with van der Waals surface area (Å²) < 4.78 is 31.2. The van der Waals surface area contributed by atoms with Crippen molar-refractivity contribution < 1.29 is 17.3 Å². The average molecular weight is 194 g/mol. The van der Waals surface area contributed by atoms with Gasteiger partial charge in [0, 0.05) is 7.11 Å². The van der Waals surface area contributed by atoms with Crippen molar-refractivity contribution >= 4 is 10.1 Å². The van der Waals surface area contributed by atoms with Gasteiger partial charge in [0.25, 0.3) is 10.1 Å². The molecule has 0 amide bonds. The predicted octanol–water partition coefficient (Wildman–Crippen LogP) is 0.388. The van der Waals surface area contributed by atoms with Crippen molar-refractivity contribution in [3.8, 4) is 0 Å². The van der Waals surface area contributed by atoms with E-state index in [4.69, 9.17) is 4.74 Å². The van der Waals surface area contributed by atoms with Gasteiger partial charge in [0.05, 0.1) is 19.0 Å². The minimum Gasteiger partial charge on any atom is -0.381 e. The zero-order chi connectivity index (χ0) is 9.19. The minimum absolute atomic E-state index is 0.128. The Morgan fingerprint density at radius 2 is 1.92 bits per heavy atom. The van der Waals surface area contributed by atoms with Crippen LogP contribution in [0.15, 0.2) is 0 Å². The van der Waals surface area contributed by atoms with Crippen LogP contribution in [0.25, 0.3) is 0 Å². The van der Waals surface area contributed by atoms with Crippen LogP contribution in [0, 0.1) is 5.92 Å². The summed E-state index contributed by atoms with van der Waals surface area (Å²) >= 11 is 0. The molecule has 1 rings (SSSR count). The molecule has 0 aromatic heterocycles. The summed E-state index contributed by atoms with van der Waals surface area (Å²) in [6.07, 6.45) is 1.92. The van der Waals surface area contributed by atoms with Gasteiger partial charge >= 0.3 is 0 Å².